The summed E-state index contributed by atoms with van der Waals surface area (Å²) in [5.74, 6) is 0. The number of nitrogens with two attached hydrogens (primary N) is 1. The number of nitrogens with zero attached hydrogens (tertiary/aromatic N) is 1. The minimum atomic E-state index is 0.00252. The van der Waals surface area contributed by atoms with Gasteiger partial charge in [0.1, 0.15) is 0 Å². The molecule has 0 unspecified atom stereocenters. The average Bonchev–Trinajstić information content (AvgIpc) is 2.28. The zero-order chi connectivity index (χ0) is 10.9. The van der Waals surface area contributed by atoms with Crippen molar-refractivity contribution >= 4 is 10.9 Å². The second-order valence-corrected chi connectivity index (χ2v) is 4.46. The van der Waals surface area contributed by atoms with E-state index in [-0.39, 0.29) is 5.41 Å². The van der Waals surface area contributed by atoms with Gasteiger partial charge in [-0.2, -0.15) is 0 Å². The fourth-order valence-electron chi connectivity index (χ4n) is 1.80. The molecule has 0 saturated carbocycles. The van der Waals surface area contributed by atoms with Crippen LogP contribution < -0.4 is 5.73 Å². The van der Waals surface area contributed by atoms with Crippen molar-refractivity contribution in [2.24, 2.45) is 5.73 Å². The maximum Gasteiger partial charge on any atom is 0.0704 e. The molecule has 0 aliphatic rings. The van der Waals surface area contributed by atoms with Crippen molar-refractivity contribution in [1.29, 1.82) is 0 Å². The minimum Gasteiger partial charge on any atom is -0.330 e. The second-order valence-electron chi connectivity index (χ2n) is 4.46. The first kappa shape index (κ1) is 10.1. The van der Waals surface area contributed by atoms with Crippen LogP contribution >= 0.6 is 0 Å². The molecule has 2 N–H and O–H groups in total. The standard InChI is InChI=1S/C13H16N2/c1-13(2,9-14)11-6-3-7-12-10(11)5-4-8-15-12/h3-8H,9,14H2,1-2H3. The van der Waals surface area contributed by atoms with Gasteiger partial charge in [0.2, 0.25) is 0 Å². The van der Waals surface area contributed by atoms with Crippen LogP contribution in [-0.4, -0.2) is 11.5 Å². The van der Waals surface area contributed by atoms with Crippen molar-refractivity contribution in [2.45, 2.75) is 19.3 Å². The molecular formula is C13H16N2. The lowest BCUT2D eigenvalue weighted by atomic mass is 9.82. The van der Waals surface area contributed by atoms with Gasteiger partial charge in [0.15, 0.2) is 0 Å². The topological polar surface area (TPSA) is 38.9 Å². The largest absolute Gasteiger partial charge is 0.330 e. The Morgan fingerprint density at radius 2 is 2.00 bits per heavy atom. The zero-order valence-corrected chi connectivity index (χ0v) is 9.20. The molecule has 0 bridgehead atoms. The monoisotopic (exact) mass is 200 g/mol. The number of aromatic nitrogens is 1. The summed E-state index contributed by atoms with van der Waals surface area (Å²) >= 11 is 0. The van der Waals surface area contributed by atoms with Crippen LogP contribution in [0.2, 0.25) is 0 Å². The maximum atomic E-state index is 5.81. The van der Waals surface area contributed by atoms with Crippen LogP contribution in [0.1, 0.15) is 19.4 Å². The third-order valence-electron chi connectivity index (χ3n) is 2.89. The van der Waals surface area contributed by atoms with Crippen LogP contribution in [0.15, 0.2) is 36.5 Å². The highest BCUT2D eigenvalue weighted by atomic mass is 14.6. The Morgan fingerprint density at radius 3 is 2.73 bits per heavy atom. The molecule has 2 heteroatoms. The first-order valence-electron chi connectivity index (χ1n) is 5.19. The second kappa shape index (κ2) is 3.63. The molecule has 0 spiro atoms. The van der Waals surface area contributed by atoms with Gasteiger partial charge in [-0.25, -0.2) is 0 Å². The van der Waals surface area contributed by atoms with Crippen molar-refractivity contribution in [1.82, 2.24) is 4.98 Å². The first-order chi connectivity index (χ1) is 7.15. The Morgan fingerprint density at radius 1 is 1.20 bits per heavy atom. The number of hydrogen-bond donors (Lipinski definition) is 1. The van der Waals surface area contributed by atoms with E-state index < -0.39 is 0 Å². The highest BCUT2D eigenvalue weighted by molar-refractivity contribution is 5.83. The molecule has 1 heterocycles. The van der Waals surface area contributed by atoms with Crippen molar-refractivity contribution in [3.05, 3.63) is 42.1 Å². The lowest BCUT2D eigenvalue weighted by molar-refractivity contribution is 0.544. The van der Waals surface area contributed by atoms with Crippen molar-refractivity contribution < 1.29 is 0 Å². The van der Waals surface area contributed by atoms with Gasteiger partial charge in [-0.15, -0.1) is 0 Å². The van der Waals surface area contributed by atoms with Gasteiger partial charge in [-0.1, -0.05) is 32.0 Å². The Balaban J connectivity index is 2.71. The molecule has 2 nitrogen and oxygen atoms in total. The number of hydrogen-bond acceptors (Lipinski definition) is 2. The molecule has 0 atom stereocenters. The molecule has 15 heavy (non-hydrogen) atoms. The van der Waals surface area contributed by atoms with Crippen LogP contribution in [-0.2, 0) is 5.41 Å². The van der Waals surface area contributed by atoms with Gasteiger partial charge >= 0.3 is 0 Å². The quantitative estimate of drug-likeness (QED) is 0.808. The number of rotatable bonds is 2. The van der Waals surface area contributed by atoms with E-state index in [1.807, 2.05) is 24.4 Å². The van der Waals surface area contributed by atoms with Gasteiger partial charge in [-0.3, -0.25) is 4.98 Å². The Labute approximate surface area is 90.1 Å². The summed E-state index contributed by atoms with van der Waals surface area (Å²) in [7, 11) is 0. The Bertz CT molecular complexity index is 469. The van der Waals surface area contributed by atoms with E-state index in [9.17, 15) is 0 Å². The minimum absolute atomic E-state index is 0.00252. The summed E-state index contributed by atoms with van der Waals surface area (Å²) < 4.78 is 0. The van der Waals surface area contributed by atoms with Crippen LogP contribution in [0.5, 0.6) is 0 Å². The average molecular weight is 200 g/mol. The van der Waals surface area contributed by atoms with Crippen molar-refractivity contribution in [3.8, 4) is 0 Å². The van der Waals surface area contributed by atoms with E-state index in [1.165, 1.54) is 10.9 Å². The molecule has 2 aromatic rings. The normalized spacial score (nSPS) is 11.9. The van der Waals surface area contributed by atoms with Crippen LogP contribution in [0.25, 0.3) is 10.9 Å². The molecule has 0 amide bonds. The molecule has 0 aliphatic carbocycles. The summed E-state index contributed by atoms with van der Waals surface area (Å²) in [5, 5.41) is 1.20. The van der Waals surface area contributed by atoms with E-state index >= 15 is 0 Å². The number of fused-ring (bicyclic) bond motifs is 1. The molecule has 1 aromatic carbocycles. The zero-order valence-electron chi connectivity index (χ0n) is 9.20. The third kappa shape index (κ3) is 1.73. The summed E-state index contributed by atoms with van der Waals surface area (Å²) in [4.78, 5) is 4.35. The molecule has 0 aliphatic heterocycles. The molecule has 0 fully saturated rings. The van der Waals surface area contributed by atoms with E-state index in [0.717, 1.165) is 5.52 Å². The fraction of sp³-hybridized carbons (Fsp3) is 0.308. The molecule has 1 aromatic heterocycles. The first-order valence-corrected chi connectivity index (χ1v) is 5.19. The van der Waals surface area contributed by atoms with E-state index in [2.05, 4.69) is 31.0 Å². The van der Waals surface area contributed by atoms with E-state index in [1.54, 1.807) is 0 Å². The predicted octanol–water partition coefficient (Wildman–Crippen LogP) is 2.47. The van der Waals surface area contributed by atoms with Gasteiger partial charge in [0.05, 0.1) is 5.52 Å². The van der Waals surface area contributed by atoms with Crippen LogP contribution in [0.3, 0.4) is 0 Å². The summed E-state index contributed by atoms with van der Waals surface area (Å²) in [6.07, 6.45) is 1.82. The maximum absolute atomic E-state index is 5.81. The molecule has 2 rings (SSSR count). The summed E-state index contributed by atoms with van der Waals surface area (Å²) in [6, 6.07) is 10.3. The Kier molecular flexibility index (Phi) is 2.45. The van der Waals surface area contributed by atoms with Gasteiger partial charge < -0.3 is 5.73 Å². The van der Waals surface area contributed by atoms with E-state index in [4.69, 9.17) is 5.73 Å². The Hall–Kier alpha value is -1.41. The lowest BCUT2D eigenvalue weighted by Gasteiger charge is -2.24. The summed E-state index contributed by atoms with van der Waals surface area (Å²) in [5.41, 5.74) is 8.12. The van der Waals surface area contributed by atoms with Gasteiger partial charge in [0, 0.05) is 23.5 Å². The highest BCUT2D eigenvalue weighted by Crippen LogP contribution is 2.28. The third-order valence-corrected chi connectivity index (χ3v) is 2.89. The molecule has 0 radical (unpaired) electrons. The van der Waals surface area contributed by atoms with Crippen molar-refractivity contribution in [3.63, 3.8) is 0 Å². The number of pyridine rings is 1. The van der Waals surface area contributed by atoms with Crippen LogP contribution in [0.4, 0.5) is 0 Å². The predicted molar refractivity (Wildman–Crippen MR) is 63.8 cm³/mol. The molecule has 78 valence electrons. The van der Waals surface area contributed by atoms with Gasteiger partial charge in [0.25, 0.3) is 0 Å². The lowest BCUT2D eigenvalue weighted by Crippen LogP contribution is -2.28. The highest BCUT2D eigenvalue weighted by Gasteiger charge is 2.20. The van der Waals surface area contributed by atoms with Crippen LogP contribution in [0, 0.1) is 0 Å². The molecule has 0 saturated heterocycles. The van der Waals surface area contributed by atoms with Gasteiger partial charge in [-0.05, 0) is 17.7 Å². The fourth-order valence-corrected chi connectivity index (χ4v) is 1.80. The summed E-state index contributed by atoms with van der Waals surface area (Å²) in [6.45, 7) is 4.96. The SMILES string of the molecule is CC(C)(CN)c1cccc2ncccc12. The van der Waals surface area contributed by atoms with Crippen molar-refractivity contribution in [2.75, 3.05) is 6.54 Å². The molecular weight excluding hydrogens is 184 g/mol. The number of benzene rings is 1. The van der Waals surface area contributed by atoms with E-state index in [0.29, 0.717) is 6.54 Å². The smallest absolute Gasteiger partial charge is 0.0704 e.